The summed E-state index contributed by atoms with van der Waals surface area (Å²) in [6.07, 6.45) is -1.69. The topological polar surface area (TPSA) is 21.3 Å². The molecule has 100 valence electrons. The number of ether oxygens (including phenoxy) is 1. The Labute approximate surface area is 104 Å². The van der Waals surface area contributed by atoms with E-state index >= 15 is 0 Å². The van der Waals surface area contributed by atoms with Gasteiger partial charge in [-0.05, 0) is 31.5 Å². The van der Waals surface area contributed by atoms with Crippen LogP contribution in [-0.4, -0.2) is 13.7 Å². The number of piperidine rings is 1. The van der Waals surface area contributed by atoms with E-state index < -0.39 is 11.7 Å². The van der Waals surface area contributed by atoms with Crippen LogP contribution in [0, 0.1) is 0 Å². The van der Waals surface area contributed by atoms with Crippen molar-refractivity contribution in [2.75, 3.05) is 13.7 Å². The number of nitrogens with one attached hydrogen (secondary N) is 1. The molecule has 0 amide bonds. The molecule has 2 nitrogen and oxygen atoms in total. The van der Waals surface area contributed by atoms with Crippen LogP contribution in [0.2, 0.25) is 0 Å². The molecule has 0 bridgehead atoms. The highest BCUT2D eigenvalue weighted by molar-refractivity contribution is 5.44. The average Bonchev–Trinajstić information content (AvgIpc) is 2.38. The Balaban J connectivity index is 2.46. The fourth-order valence-corrected chi connectivity index (χ4v) is 2.43. The summed E-state index contributed by atoms with van der Waals surface area (Å²) in [4.78, 5) is 0. The minimum Gasteiger partial charge on any atom is -0.496 e. The van der Waals surface area contributed by atoms with Gasteiger partial charge < -0.3 is 10.1 Å². The number of benzene rings is 1. The Morgan fingerprint density at radius 2 is 2.06 bits per heavy atom. The molecule has 1 N–H and O–H groups in total. The van der Waals surface area contributed by atoms with E-state index in [2.05, 4.69) is 5.32 Å². The van der Waals surface area contributed by atoms with Gasteiger partial charge in [0.1, 0.15) is 5.75 Å². The number of alkyl halides is 3. The lowest BCUT2D eigenvalue weighted by Crippen LogP contribution is -2.29. The normalized spacial score (nSPS) is 20.8. The van der Waals surface area contributed by atoms with Crippen LogP contribution < -0.4 is 10.1 Å². The molecule has 1 fully saturated rings. The lowest BCUT2D eigenvalue weighted by molar-refractivity contribution is -0.138. The minimum atomic E-state index is -4.34. The van der Waals surface area contributed by atoms with Gasteiger partial charge in [0.15, 0.2) is 0 Å². The molecule has 2 rings (SSSR count). The molecule has 1 heterocycles. The minimum absolute atomic E-state index is 0.243. The molecule has 5 heteroatoms. The monoisotopic (exact) mass is 259 g/mol. The Bertz CT molecular complexity index is 411. The fourth-order valence-electron chi connectivity index (χ4n) is 2.43. The van der Waals surface area contributed by atoms with Crippen molar-refractivity contribution in [2.45, 2.75) is 31.5 Å². The van der Waals surface area contributed by atoms with Crippen molar-refractivity contribution in [3.63, 3.8) is 0 Å². The van der Waals surface area contributed by atoms with Gasteiger partial charge in [-0.25, -0.2) is 0 Å². The van der Waals surface area contributed by atoms with Crippen LogP contribution in [0.15, 0.2) is 18.2 Å². The third-order valence-corrected chi connectivity index (χ3v) is 3.25. The van der Waals surface area contributed by atoms with Gasteiger partial charge in [0.25, 0.3) is 0 Å². The van der Waals surface area contributed by atoms with E-state index in [0.29, 0.717) is 12.2 Å². The number of rotatable bonds is 2. The summed E-state index contributed by atoms with van der Waals surface area (Å²) in [7, 11) is 1.40. The molecule has 0 radical (unpaired) electrons. The van der Waals surface area contributed by atoms with Crippen LogP contribution in [0.3, 0.4) is 0 Å². The third kappa shape index (κ3) is 2.61. The van der Waals surface area contributed by atoms with Crippen LogP contribution in [0.1, 0.15) is 36.4 Å². The molecule has 1 aromatic rings. The largest absolute Gasteiger partial charge is 0.496 e. The van der Waals surface area contributed by atoms with Gasteiger partial charge in [-0.3, -0.25) is 0 Å². The quantitative estimate of drug-likeness (QED) is 0.877. The van der Waals surface area contributed by atoms with E-state index in [-0.39, 0.29) is 11.6 Å². The van der Waals surface area contributed by atoms with E-state index in [1.165, 1.54) is 13.2 Å². The van der Waals surface area contributed by atoms with Crippen LogP contribution in [-0.2, 0) is 6.18 Å². The molecule has 1 aliphatic heterocycles. The number of methoxy groups -OCH3 is 1. The van der Waals surface area contributed by atoms with Crippen molar-refractivity contribution >= 4 is 0 Å². The summed E-state index contributed by atoms with van der Waals surface area (Å²) in [5, 5.41) is 3.14. The van der Waals surface area contributed by atoms with E-state index in [1.807, 2.05) is 0 Å². The molecule has 1 unspecified atom stereocenters. The summed E-state index contributed by atoms with van der Waals surface area (Å²) >= 11 is 0. The van der Waals surface area contributed by atoms with Gasteiger partial charge in [0.2, 0.25) is 0 Å². The van der Waals surface area contributed by atoms with Crippen LogP contribution in [0.4, 0.5) is 13.2 Å². The summed E-state index contributed by atoms with van der Waals surface area (Å²) in [6.45, 7) is 0.750. The zero-order valence-electron chi connectivity index (χ0n) is 10.2. The highest BCUT2D eigenvalue weighted by atomic mass is 19.4. The molecule has 1 saturated heterocycles. The van der Waals surface area contributed by atoms with Crippen molar-refractivity contribution < 1.29 is 17.9 Å². The SMILES string of the molecule is COc1cccc(C(F)(F)F)c1C1CCCCN1. The molecule has 1 aromatic carbocycles. The lowest BCUT2D eigenvalue weighted by Gasteiger charge is -2.28. The first-order chi connectivity index (χ1) is 8.54. The van der Waals surface area contributed by atoms with E-state index in [9.17, 15) is 13.2 Å². The molecule has 0 aliphatic carbocycles. The van der Waals surface area contributed by atoms with Crippen molar-refractivity contribution in [3.8, 4) is 5.75 Å². The highest BCUT2D eigenvalue weighted by Crippen LogP contribution is 2.41. The maximum absolute atomic E-state index is 13.0. The molecular weight excluding hydrogens is 243 g/mol. The summed E-state index contributed by atoms with van der Waals surface area (Å²) in [6, 6.07) is 3.81. The Morgan fingerprint density at radius 3 is 2.61 bits per heavy atom. The molecule has 1 aliphatic rings. The maximum Gasteiger partial charge on any atom is 0.416 e. The first kappa shape index (κ1) is 13.2. The molecule has 0 spiro atoms. The van der Waals surface area contributed by atoms with Gasteiger partial charge >= 0.3 is 6.18 Å². The average molecular weight is 259 g/mol. The Kier molecular flexibility index (Phi) is 3.80. The second kappa shape index (κ2) is 5.18. The first-order valence-electron chi connectivity index (χ1n) is 6.01. The predicted molar refractivity (Wildman–Crippen MR) is 62.6 cm³/mol. The van der Waals surface area contributed by atoms with Gasteiger partial charge in [-0.1, -0.05) is 12.5 Å². The van der Waals surface area contributed by atoms with E-state index in [4.69, 9.17) is 4.74 Å². The number of halogens is 3. The zero-order chi connectivity index (χ0) is 13.2. The van der Waals surface area contributed by atoms with Gasteiger partial charge in [0.05, 0.1) is 12.7 Å². The van der Waals surface area contributed by atoms with Crippen LogP contribution in [0.5, 0.6) is 5.75 Å². The van der Waals surface area contributed by atoms with Crippen molar-refractivity contribution in [1.82, 2.24) is 5.32 Å². The number of hydrogen-bond donors (Lipinski definition) is 1. The van der Waals surface area contributed by atoms with Crippen molar-refractivity contribution in [2.24, 2.45) is 0 Å². The smallest absolute Gasteiger partial charge is 0.416 e. The van der Waals surface area contributed by atoms with E-state index in [0.717, 1.165) is 25.5 Å². The molecule has 0 aromatic heterocycles. The second-order valence-corrected chi connectivity index (χ2v) is 4.42. The van der Waals surface area contributed by atoms with Crippen molar-refractivity contribution in [3.05, 3.63) is 29.3 Å². The van der Waals surface area contributed by atoms with Gasteiger partial charge in [0, 0.05) is 11.6 Å². The summed E-state index contributed by atoms with van der Waals surface area (Å²) in [5.41, 5.74) is -0.353. The van der Waals surface area contributed by atoms with Crippen molar-refractivity contribution in [1.29, 1.82) is 0 Å². The highest BCUT2D eigenvalue weighted by Gasteiger charge is 2.37. The molecule has 0 saturated carbocycles. The summed E-state index contributed by atoms with van der Waals surface area (Å²) < 4.78 is 44.2. The number of hydrogen-bond acceptors (Lipinski definition) is 2. The lowest BCUT2D eigenvalue weighted by atomic mass is 9.92. The first-order valence-corrected chi connectivity index (χ1v) is 6.01. The summed E-state index contributed by atoms with van der Waals surface area (Å²) in [5.74, 6) is 0.309. The molecule has 1 atom stereocenters. The van der Waals surface area contributed by atoms with Crippen LogP contribution in [0.25, 0.3) is 0 Å². The molecular formula is C13H16F3NO. The predicted octanol–water partition coefficient (Wildman–Crippen LogP) is 3.53. The fraction of sp³-hybridized carbons (Fsp3) is 0.538. The Morgan fingerprint density at radius 1 is 1.28 bits per heavy atom. The van der Waals surface area contributed by atoms with Gasteiger partial charge in [-0.2, -0.15) is 13.2 Å². The van der Waals surface area contributed by atoms with Crippen LogP contribution >= 0.6 is 0 Å². The molecule has 18 heavy (non-hydrogen) atoms. The zero-order valence-corrected chi connectivity index (χ0v) is 10.2. The third-order valence-electron chi connectivity index (χ3n) is 3.25. The second-order valence-electron chi connectivity index (χ2n) is 4.42. The Hall–Kier alpha value is -1.23. The van der Waals surface area contributed by atoms with Gasteiger partial charge in [-0.15, -0.1) is 0 Å². The maximum atomic E-state index is 13.0. The standard InChI is InChI=1S/C13H16F3NO/c1-18-11-7-4-5-9(13(14,15)16)12(11)10-6-2-3-8-17-10/h4-5,7,10,17H,2-3,6,8H2,1H3. The van der Waals surface area contributed by atoms with E-state index in [1.54, 1.807) is 6.07 Å².